The molecule has 12 heteroatoms. The molecular weight excluding hydrogens is 378 g/mol. The van der Waals surface area contributed by atoms with Crippen molar-refractivity contribution in [2.75, 3.05) is 5.75 Å². The number of primary amides is 1. The topological polar surface area (TPSA) is 194 Å². The molecule has 0 saturated carbocycles. The van der Waals surface area contributed by atoms with Crippen molar-refractivity contribution in [2.45, 2.75) is 51.4 Å². The third-order valence-corrected chi connectivity index (χ3v) is 3.92. The highest BCUT2D eigenvalue weighted by Crippen LogP contribution is 2.04. The fraction of sp³-hybridized carbons (Fsp3) is 0.667. The molecule has 0 rings (SSSR count). The summed E-state index contributed by atoms with van der Waals surface area (Å²) in [5.74, 6) is -4.60. The highest BCUT2D eigenvalue weighted by molar-refractivity contribution is 7.80. The summed E-state index contributed by atoms with van der Waals surface area (Å²) < 4.78 is 0. The van der Waals surface area contributed by atoms with E-state index in [1.807, 2.05) is 0 Å². The van der Waals surface area contributed by atoms with Gasteiger partial charge in [-0.3, -0.25) is 19.2 Å². The second-order valence-electron chi connectivity index (χ2n) is 6.32. The van der Waals surface area contributed by atoms with Gasteiger partial charge in [-0.15, -0.1) is 0 Å². The van der Waals surface area contributed by atoms with Gasteiger partial charge >= 0.3 is 5.97 Å². The van der Waals surface area contributed by atoms with E-state index in [1.54, 1.807) is 13.8 Å². The Balaban J connectivity index is 4.92. The molecule has 0 fully saturated rings. The molecular formula is C15H27N5O6S. The van der Waals surface area contributed by atoms with Gasteiger partial charge in [0.2, 0.25) is 23.6 Å². The molecule has 8 N–H and O–H groups in total. The third-order valence-electron chi connectivity index (χ3n) is 3.55. The summed E-state index contributed by atoms with van der Waals surface area (Å²) in [4.78, 5) is 58.2. The van der Waals surface area contributed by atoms with E-state index in [9.17, 15) is 24.0 Å². The molecule has 0 bridgehead atoms. The van der Waals surface area contributed by atoms with Crippen LogP contribution in [0.1, 0.15) is 27.2 Å². The molecule has 0 spiro atoms. The SMILES string of the molecule is CC(NC(=O)C(NC(=O)C(N)CC(N)=O)C(C)C)C(=O)NC(CS)C(=O)O. The van der Waals surface area contributed by atoms with E-state index in [0.717, 1.165) is 0 Å². The first-order valence-corrected chi connectivity index (χ1v) is 8.82. The average molecular weight is 405 g/mol. The predicted molar refractivity (Wildman–Crippen MR) is 99.6 cm³/mol. The zero-order chi connectivity index (χ0) is 21.3. The number of amides is 4. The van der Waals surface area contributed by atoms with Crippen molar-refractivity contribution in [3.63, 3.8) is 0 Å². The highest BCUT2D eigenvalue weighted by Gasteiger charge is 2.30. The third kappa shape index (κ3) is 8.73. The summed E-state index contributed by atoms with van der Waals surface area (Å²) in [6.45, 7) is 4.69. The average Bonchev–Trinajstić information content (AvgIpc) is 2.55. The summed E-state index contributed by atoms with van der Waals surface area (Å²) in [5, 5.41) is 16.0. The van der Waals surface area contributed by atoms with Crippen molar-refractivity contribution in [3.8, 4) is 0 Å². The molecule has 0 aromatic heterocycles. The van der Waals surface area contributed by atoms with Crippen molar-refractivity contribution in [1.29, 1.82) is 0 Å². The van der Waals surface area contributed by atoms with Crippen LogP contribution in [0.5, 0.6) is 0 Å². The maximum Gasteiger partial charge on any atom is 0.327 e. The summed E-state index contributed by atoms with van der Waals surface area (Å²) in [5.41, 5.74) is 10.5. The van der Waals surface area contributed by atoms with Gasteiger partial charge < -0.3 is 32.5 Å². The molecule has 0 aromatic rings. The molecule has 0 aliphatic rings. The molecule has 0 aliphatic carbocycles. The molecule has 0 saturated heterocycles. The number of carbonyl (C=O) groups is 5. The van der Waals surface area contributed by atoms with Crippen molar-refractivity contribution >= 4 is 42.2 Å². The number of carboxylic acid groups (broad SMARTS) is 1. The Hall–Kier alpha value is -2.34. The number of hydrogen-bond acceptors (Lipinski definition) is 7. The van der Waals surface area contributed by atoms with Crippen LogP contribution in [0.4, 0.5) is 0 Å². The second kappa shape index (κ2) is 11.4. The lowest BCUT2D eigenvalue weighted by Crippen LogP contribution is -2.58. The van der Waals surface area contributed by atoms with E-state index in [2.05, 4.69) is 28.6 Å². The fourth-order valence-corrected chi connectivity index (χ4v) is 2.20. The van der Waals surface area contributed by atoms with Crippen LogP contribution in [0, 0.1) is 5.92 Å². The monoisotopic (exact) mass is 405 g/mol. The number of hydrogen-bond donors (Lipinski definition) is 7. The highest BCUT2D eigenvalue weighted by atomic mass is 32.1. The van der Waals surface area contributed by atoms with Crippen molar-refractivity contribution in [3.05, 3.63) is 0 Å². The Kier molecular flexibility index (Phi) is 10.4. The van der Waals surface area contributed by atoms with Gasteiger partial charge in [0.25, 0.3) is 0 Å². The van der Waals surface area contributed by atoms with Gasteiger partial charge in [-0.05, 0) is 12.8 Å². The molecule has 11 nitrogen and oxygen atoms in total. The largest absolute Gasteiger partial charge is 0.480 e. The lowest BCUT2D eigenvalue weighted by atomic mass is 10.0. The van der Waals surface area contributed by atoms with E-state index in [1.165, 1.54) is 6.92 Å². The molecule has 4 atom stereocenters. The first-order chi connectivity index (χ1) is 12.4. The maximum atomic E-state index is 12.4. The smallest absolute Gasteiger partial charge is 0.327 e. The van der Waals surface area contributed by atoms with Crippen LogP contribution < -0.4 is 27.4 Å². The number of carboxylic acids is 1. The minimum Gasteiger partial charge on any atom is -0.480 e. The summed E-state index contributed by atoms with van der Waals surface area (Å²) in [7, 11) is 0. The van der Waals surface area contributed by atoms with Gasteiger partial charge in [0.1, 0.15) is 18.1 Å². The zero-order valence-electron chi connectivity index (χ0n) is 15.4. The Morgan fingerprint density at radius 1 is 0.963 bits per heavy atom. The number of nitrogens with one attached hydrogen (secondary N) is 3. The van der Waals surface area contributed by atoms with Gasteiger partial charge in [-0.25, -0.2) is 4.79 Å². The van der Waals surface area contributed by atoms with Crippen LogP contribution in [0.25, 0.3) is 0 Å². The minimum absolute atomic E-state index is 0.121. The predicted octanol–water partition coefficient (Wildman–Crippen LogP) is -2.67. The van der Waals surface area contributed by atoms with E-state index in [0.29, 0.717) is 0 Å². The Bertz CT molecular complexity index is 585. The first kappa shape index (κ1) is 24.7. The summed E-state index contributed by atoms with van der Waals surface area (Å²) >= 11 is 3.83. The maximum absolute atomic E-state index is 12.4. The number of aliphatic carboxylic acids is 1. The van der Waals surface area contributed by atoms with Gasteiger partial charge in [-0.2, -0.15) is 12.6 Å². The Morgan fingerprint density at radius 2 is 1.52 bits per heavy atom. The standard InChI is InChI=1S/C15H27N5O6S/c1-6(2)11(20-13(23)8(16)4-10(17)21)14(24)18-7(3)12(22)19-9(5-27)15(25)26/h6-9,11,27H,4-5,16H2,1-3H3,(H2,17,21)(H,18,24)(H,19,22)(H,20,23)(H,25,26). The molecule has 154 valence electrons. The van der Waals surface area contributed by atoms with Gasteiger partial charge in [-0.1, -0.05) is 13.8 Å². The lowest BCUT2D eigenvalue weighted by molar-refractivity contribution is -0.141. The van der Waals surface area contributed by atoms with Crippen LogP contribution in [0.2, 0.25) is 0 Å². The van der Waals surface area contributed by atoms with Gasteiger partial charge in [0.05, 0.1) is 12.5 Å². The Labute approximate surface area is 162 Å². The number of nitrogens with two attached hydrogens (primary N) is 2. The van der Waals surface area contributed by atoms with Crippen LogP contribution >= 0.6 is 12.6 Å². The van der Waals surface area contributed by atoms with E-state index in [4.69, 9.17) is 16.6 Å². The van der Waals surface area contributed by atoms with Crippen molar-refractivity contribution < 1.29 is 29.1 Å². The summed E-state index contributed by atoms with van der Waals surface area (Å²) in [6.07, 6.45) is -0.378. The normalized spacial score (nSPS) is 15.2. The molecule has 4 amide bonds. The van der Waals surface area contributed by atoms with E-state index < -0.39 is 53.8 Å². The number of carbonyl (C=O) groups excluding carboxylic acids is 4. The molecule has 27 heavy (non-hydrogen) atoms. The van der Waals surface area contributed by atoms with Crippen LogP contribution in [-0.4, -0.2) is 64.6 Å². The molecule has 0 radical (unpaired) electrons. The lowest BCUT2D eigenvalue weighted by Gasteiger charge is -2.25. The molecule has 0 heterocycles. The fourth-order valence-electron chi connectivity index (χ4n) is 1.96. The van der Waals surface area contributed by atoms with Gasteiger partial charge in [0, 0.05) is 5.75 Å². The van der Waals surface area contributed by atoms with Crippen LogP contribution in [0.15, 0.2) is 0 Å². The van der Waals surface area contributed by atoms with Crippen molar-refractivity contribution in [2.24, 2.45) is 17.4 Å². The van der Waals surface area contributed by atoms with Crippen molar-refractivity contribution in [1.82, 2.24) is 16.0 Å². The number of rotatable bonds is 11. The quantitative estimate of drug-likeness (QED) is 0.182. The second-order valence-corrected chi connectivity index (χ2v) is 6.68. The van der Waals surface area contributed by atoms with Gasteiger partial charge in [0.15, 0.2) is 0 Å². The molecule has 0 aliphatic heterocycles. The van der Waals surface area contributed by atoms with E-state index >= 15 is 0 Å². The Morgan fingerprint density at radius 3 is 1.93 bits per heavy atom. The summed E-state index contributed by atoms with van der Waals surface area (Å²) in [6, 6.07) is -4.49. The number of thiol groups is 1. The van der Waals surface area contributed by atoms with Crippen LogP contribution in [0.3, 0.4) is 0 Å². The van der Waals surface area contributed by atoms with Crippen LogP contribution in [-0.2, 0) is 24.0 Å². The molecule has 4 unspecified atom stereocenters. The zero-order valence-corrected chi connectivity index (χ0v) is 16.3. The molecule has 0 aromatic carbocycles. The minimum atomic E-state index is -1.26. The first-order valence-electron chi connectivity index (χ1n) is 8.19. The van der Waals surface area contributed by atoms with E-state index in [-0.39, 0.29) is 18.1 Å².